The van der Waals surface area contributed by atoms with Gasteiger partial charge in [0.15, 0.2) is 0 Å². The van der Waals surface area contributed by atoms with Crippen LogP contribution in [-0.4, -0.2) is 45.4 Å². The lowest BCUT2D eigenvalue weighted by atomic mass is 9.94. The Bertz CT molecular complexity index is 488. The maximum absolute atomic E-state index is 12.3. The number of piperidine rings is 1. The predicted octanol–water partition coefficient (Wildman–Crippen LogP) is 3.07. The lowest BCUT2D eigenvalue weighted by molar-refractivity contribution is 0.0766. The van der Waals surface area contributed by atoms with Crippen molar-refractivity contribution in [2.45, 2.75) is 58.5 Å². The summed E-state index contributed by atoms with van der Waals surface area (Å²) in [4.78, 5) is 14.1. The number of rotatable bonds is 5. The molecule has 6 nitrogen and oxygen atoms in total. The number of nitrogens with zero attached hydrogens (tertiary/aromatic N) is 3. The lowest BCUT2D eigenvalue weighted by Crippen LogP contribution is -2.44. The molecule has 2 N–H and O–H groups in total. The van der Waals surface area contributed by atoms with Crippen molar-refractivity contribution in [2.24, 2.45) is 5.92 Å². The first kappa shape index (κ1) is 17.1. The summed E-state index contributed by atoms with van der Waals surface area (Å²) in [7, 11) is 0. The topological polar surface area (TPSA) is 78.4 Å². The molecule has 1 aromatic heterocycles. The van der Waals surface area contributed by atoms with Crippen LogP contribution in [0.25, 0.3) is 0 Å². The van der Waals surface area contributed by atoms with E-state index in [9.17, 15) is 9.90 Å². The second-order valence-electron chi connectivity index (χ2n) is 5.98. The van der Waals surface area contributed by atoms with E-state index in [2.05, 4.69) is 29.4 Å². The number of amides is 2. The molecule has 124 valence electrons. The summed E-state index contributed by atoms with van der Waals surface area (Å²) in [6.45, 7) is 7.39. The second kappa shape index (κ2) is 7.87. The second-order valence-corrected chi connectivity index (χ2v) is 6.99. The summed E-state index contributed by atoms with van der Waals surface area (Å²) in [5.74, 6) is 0.576. The molecule has 0 radical (unpaired) electrons. The van der Waals surface area contributed by atoms with Crippen LogP contribution in [0, 0.1) is 5.92 Å². The van der Waals surface area contributed by atoms with Crippen molar-refractivity contribution in [1.29, 1.82) is 0 Å². The monoisotopic (exact) mass is 326 g/mol. The zero-order chi connectivity index (χ0) is 16.1. The molecule has 2 rings (SSSR count). The van der Waals surface area contributed by atoms with Gasteiger partial charge in [0.25, 0.3) is 0 Å². The minimum Gasteiger partial charge on any atom is -0.393 e. The van der Waals surface area contributed by atoms with Gasteiger partial charge in [-0.3, -0.25) is 5.32 Å². The van der Waals surface area contributed by atoms with E-state index in [0.717, 1.165) is 37.2 Å². The van der Waals surface area contributed by atoms with Crippen LogP contribution in [0.3, 0.4) is 0 Å². The van der Waals surface area contributed by atoms with Gasteiger partial charge in [0, 0.05) is 24.9 Å². The molecule has 1 aliphatic rings. The smallest absolute Gasteiger partial charge is 0.323 e. The van der Waals surface area contributed by atoms with Crippen molar-refractivity contribution in [3.63, 3.8) is 0 Å². The number of hydrogen-bond donors (Lipinski definition) is 2. The highest BCUT2D eigenvalue weighted by Gasteiger charge is 2.27. The number of aliphatic hydroxyl groups is 1. The molecule has 0 aliphatic carbocycles. The largest absolute Gasteiger partial charge is 0.393 e. The number of nitrogens with one attached hydrogen (secondary N) is 1. The SMILES string of the molecule is CCC(CC)c1nnc(NC(=O)N2CCCC(C(C)O)C2)s1. The molecular weight excluding hydrogens is 300 g/mol. The van der Waals surface area contributed by atoms with E-state index in [1.54, 1.807) is 11.8 Å². The Kier molecular flexibility index (Phi) is 6.14. The van der Waals surface area contributed by atoms with Gasteiger partial charge in [0.05, 0.1) is 6.10 Å². The standard InChI is InChI=1S/C15H26N4O2S/c1-4-11(5-2)13-17-18-14(22-13)16-15(21)19-8-6-7-12(9-19)10(3)20/h10-12,20H,4-9H2,1-3H3,(H,16,18,21). The summed E-state index contributed by atoms with van der Waals surface area (Å²) in [6, 6.07) is -0.141. The third-order valence-corrected chi connectivity index (χ3v) is 5.42. The molecule has 7 heteroatoms. The molecule has 2 atom stereocenters. The molecule has 0 aromatic carbocycles. The van der Waals surface area contributed by atoms with Crippen molar-refractivity contribution < 1.29 is 9.90 Å². The first-order chi connectivity index (χ1) is 10.5. The molecule has 0 spiro atoms. The van der Waals surface area contributed by atoms with Crippen LogP contribution < -0.4 is 5.32 Å². The minimum atomic E-state index is -0.376. The number of anilines is 1. The maximum Gasteiger partial charge on any atom is 0.323 e. The van der Waals surface area contributed by atoms with E-state index < -0.39 is 0 Å². The van der Waals surface area contributed by atoms with Crippen LogP contribution in [0.2, 0.25) is 0 Å². The van der Waals surface area contributed by atoms with E-state index in [-0.39, 0.29) is 18.1 Å². The number of aliphatic hydroxyl groups excluding tert-OH is 1. The van der Waals surface area contributed by atoms with E-state index >= 15 is 0 Å². The molecule has 22 heavy (non-hydrogen) atoms. The minimum absolute atomic E-state index is 0.141. The molecule has 1 aromatic rings. The Morgan fingerprint density at radius 1 is 1.45 bits per heavy atom. The summed E-state index contributed by atoms with van der Waals surface area (Å²) in [5.41, 5.74) is 0. The summed E-state index contributed by atoms with van der Waals surface area (Å²) >= 11 is 1.46. The lowest BCUT2D eigenvalue weighted by Gasteiger charge is -2.33. The highest BCUT2D eigenvalue weighted by molar-refractivity contribution is 7.15. The van der Waals surface area contributed by atoms with Gasteiger partial charge in [-0.15, -0.1) is 10.2 Å². The van der Waals surface area contributed by atoms with Crippen LogP contribution in [0.1, 0.15) is 57.4 Å². The highest BCUT2D eigenvalue weighted by atomic mass is 32.1. The molecule has 2 unspecified atom stereocenters. The number of carbonyl (C=O) groups is 1. The van der Waals surface area contributed by atoms with E-state index in [1.807, 2.05) is 0 Å². The van der Waals surface area contributed by atoms with E-state index in [0.29, 0.717) is 17.6 Å². The molecule has 1 fully saturated rings. The van der Waals surface area contributed by atoms with Crippen LogP contribution >= 0.6 is 11.3 Å². The van der Waals surface area contributed by atoms with Crippen LogP contribution in [0.15, 0.2) is 0 Å². The quantitative estimate of drug-likeness (QED) is 0.871. The molecular formula is C15H26N4O2S. The van der Waals surface area contributed by atoms with Crippen LogP contribution in [0.4, 0.5) is 9.93 Å². The van der Waals surface area contributed by atoms with Gasteiger partial charge >= 0.3 is 6.03 Å². The average Bonchev–Trinajstić information content (AvgIpc) is 2.97. The Morgan fingerprint density at radius 2 is 2.18 bits per heavy atom. The number of hydrogen-bond acceptors (Lipinski definition) is 5. The van der Waals surface area contributed by atoms with Gasteiger partial charge in [-0.05, 0) is 32.6 Å². The average molecular weight is 326 g/mol. The van der Waals surface area contributed by atoms with Gasteiger partial charge in [0.2, 0.25) is 5.13 Å². The fourth-order valence-corrected chi connectivity index (χ4v) is 3.85. The first-order valence-corrected chi connectivity index (χ1v) is 8.94. The summed E-state index contributed by atoms with van der Waals surface area (Å²) in [6.07, 6.45) is 3.58. The zero-order valence-electron chi connectivity index (χ0n) is 13.6. The third-order valence-electron chi connectivity index (χ3n) is 4.42. The van der Waals surface area contributed by atoms with Gasteiger partial charge in [0.1, 0.15) is 5.01 Å². The predicted molar refractivity (Wildman–Crippen MR) is 88.2 cm³/mol. The third kappa shape index (κ3) is 4.16. The van der Waals surface area contributed by atoms with Gasteiger partial charge in [-0.1, -0.05) is 25.2 Å². The van der Waals surface area contributed by atoms with E-state index in [1.165, 1.54) is 11.3 Å². The number of urea groups is 1. The molecule has 0 saturated carbocycles. The Hall–Kier alpha value is -1.21. The maximum atomic E-state index is 12.3. The Morgan fingerprint density at radius 3 is 2.82 bits per heavy atom. The molecule has 1 aliphatic heterocycles. The number of carbonyl (C=O) groups excluding carboxylic acids is 1. The first-order valence-electron chi connectivity index (χ1n) is 8.12. The molecule has 2 amide bonds. The van der Waals surface area contributed by atoms with Gasteiger partial charge < -0.3 is 10.0 Å². The molecule has 0 bridgehead atoms. The Labute approximate surface area is 135 Å². The normalized spacial score (nSPS) is 20.2. The number of likely N-dealkylation sites (tertiary alicyclic amines) is 1. The van der Waals surface area contributed by atoms with Crippen molar-refractivity contribution in [1.82, 2.24) is 15.1 Å². The Balaban J connectivity index is 1.94. The van der Waals surface area contributed by atoms with Crippen molar-refractivity contribution in [3.8, 4) is 0 Å². The van der Waals surface area contributed by atoms with Crippen molar-refractivity contribution >= 4 is 22.5 Å². The number of aromatic nitrogens is 2. The van der Waals surface area contributed by atoms with Crippen LogP contribution in [0.5, 0.6) is 0 Å². The van der Waals surface area contributed by atoms with E-state index in [4.69, 9.17) is 0 Å². The van der Waals surface area contributed by atoms with Crippen LogP contribution in [-0.2, 0) is 0 Å². The van der Waals surface area contributed by atoms with Crippen molar-refractivity contribution in [3.05, 3.63) is 5.01 Å². The zero-order valence-corrected chi connectivity index (χ0v) is 14.4. The highest BCUT2D eigenvalue weighted by Crippen LogP contribution is 2.28. The molecule has 2 heterocycles. The fourth-order valence-electron chi connectivity index (χ4n) is 2.85. The summed E-state index contributed by atoms with van der Waals surface area (Å²) in [5, 5.41) is 22.4. The fraction of sp³-hybridized carbons (Fsp3) is 0.800. The van der Waals surface area contributed by atoms with Gasteiger partial charge in [-0.2, -0.15) is 0 Å². The van der Waals surface area contributed by atoms with Gasteiger partial charge in [-0.25, -0.2) is 4.79 Å². The summed E-state index contributed by atoms with van der Waals surface area (Å²) < 4.78 is 0. The molecule has 1 saturated heterocycles. The van der Waals surface area contributed by atoms with Crippen molar-refractivity contribution in [2.75, 3.05) is 18.4 Å².